The minimum atomic E-state index is 0.179. The zero-order valence-electron chi connectivity index (χ0n) is 13.2. The van der Waals surface area contributed by atoms with Gasteiger partial charge in [-0.3, -0.25) is 0 Å². The van der Waals surface area contributed by atoms with Gasteiger partial charge in [0.15, 0.2) is 0 Å². The number of hydrogen-bond donors (Lipinski definition) is 1. The van der Waals surface area contributed by atoms with Crippen molar-refractivity contribution in [3.63, 3.8) is 0 Å². The van der Waals surface area contributed by atoms with Gasteiger partial charge >= 0.3 is 0 Å². The van der Waals surface area contributed by atoms with Crippen LogP contribution in [0, 0.1) is 0 Å². The van der Waals surface area contributed by atoms with E-state index in [1.807, 2.05) is 6.20 Å². The molecule has 3 heteroatoms. The minimum absolute atomic E-state index is 0.179. The molecule has 110 valence electrons. The Morgan fingerprint density at radius 1 is 1.15 bits per heavy atom. The Hall–Kier alpha value is -1.09. The first-order valence-corrected chi connectivity index (χ1v) is 7.89. The maximum Gasteiger partial charge on any atom is 0.128 e. The summed E-state index contributed by atoms with van der Waals surface area (Å²) in [6, 6.07) is 6.52. The van der Waals surface area contributed by atoms with Gasteiger partial charge in [0.2, 0.25) is 0 Å². The van der Waals surface area contributed by atoms with Crippen molar-refractivity contribution in [3.05, 3.63) is 23.9 Å². The van der Waals surface area contributed by atoms with Gasteiger partial charge in [-0.05, 0) is 42.7 Å². The van der Waals surface area contributed by atoms with Crippen molar-refractivity contribution in [1.29, 1.82) is 0 Å². The van der Waals surface area contributed by atoms with Crippen LogP contribution < -0.4 is 10.2 Å². The van der Waals surface area contributed by atoms with E-state index in [-0.39, 0.29) is 5.41 Å². The number of nitrogens with zero attached hydrogens (tertiary/aromatic N) is 2. The number of anilines is 1. The summed E-state index contributed by atoms with van der Waals surface area (Å²) < 4.78 is 0. The standard InChI is InChI=1S/C17H27N3/c1-17(2,3)12-5-8-16(18-11-12)20(4)15-9-13-6-7-14(10-15)19-13/h5,8,11,13-15,19H,6-7,9-10H2,1-4H3. The summed E-state index contributed by atoms with van der Waals surface area (Å²) >= 11 is 0. The second-order valence-corrected chi connectivity index (χ2v) is 7.53. The van der Waals surface area contributed by atoms with Gasteiger partial charge in [0, 0.05) is 31.4 Å². The van der Waals surface area contributed by atoms with Crippen molar-refractivity contribution in [2.45, 2.75) is 70.0 Å². The Morgan fingerprint density at radius 2 is 1.80 bits per heavy atom. The van der Waals surface area contributed by atoms with E-state index >= 15 is 0 Å². The van der Waals surface area contributed by atoms with Crippen LogP contribution >= 0.6 is 0 Å². The average Bonchev–Trinajstić information content (AvgIpc) is 2.76. The molecule has 0 aromatic carbocycles. The van der Waals surface area contributed by atoms with E-state index in [0.29, 0.717) is 6.04 Å². The summed E-state index contributed by atoms with van der Waals surface area (Å²) in [6.07, 6.45) is 7.27. The first kappa shape index (κ1) is 13.9. The summed E-state index contributed by atoms with van der Waals surface area (Å²) in [5.74, 6) is 1.12. The minimum Gasteiger partial charge on any atom is -0.357 e. The number of aromatic nitrogens is 1. The highest BCUT2D eigenvalue weighted by Gasteiger charge is 2.35. The van der Waals surface area contributed by atoms with Crippen molar-refractivity contribution in [2.75, 3.05) is 11.9 Å². The number of piperidine rings is 1. The Bertz CT molecular complexity index is 448. The lowest BCUT2D eigenvalue weighted by atomic mass is 9.88. The van der Waals surface area contributed by atoms with Gasteiger partial charge in [-0.25, -0.2) is 4.98 Å². The highest BCUT2D eigenvalue weighted by Crippen LogP contribution is 2.31. The molecule has 0 aliphatic carbocycles. The Morgan fingerprint density at radius 3 is 2.30 bits per heavy atom. The van der Waals surface area contributed by atoms with Gasteiger partial charge < -0.3 is 10.2 Å². The second-order valence-electron chi connectivity index (χ2n) is 7.53. The predicted molar refractivity (Wildman–Crippen MR) is 84.3 cm³/mol. The van der Waals surface area contributed by atoms with Crippen LogP contribution in [0.3, 0.4) is 0 Å². The molecule has 1 N–H and O–H groups in total. The predicted octanol–water partition coefficient (Wildman–Crippen LogP) is 3.10. The first-order chi connectivity index (χ1) is 9.43. The van der Waals surface area contributed by atoms with Crippen LogP contribution in [-0.2, 0) is 5.41 Å². The molecule has 2 aliphatic rings. The summed E-state index contributed by atoms with van der Waals surface area (Å²) in [7, 11) is 2.20. The first-order valence-electron chi connectivity index (χ1n) is 7.89. The third kappa shape index (κ3) is 2.69. The molecule has 0 spiro atoms. The van der Waals surface area contributed by atoms with Gasteiger partial charge in [0.1, 0.15) is 5.82 Å². The topological polar surface area (TPSA) is 28.2 Å². The summed E-state index contributed by atoms with van der Waals surface area (Å²) in [4.78, 5) is 7.08. The molecular weight excluding hydrogens is 246 g/mol. The number of rotatable bonds is 2. The zero-order valence-corrected chi connectivity index (χ0v) is 13.2. The van der Waals surface area contributed by atoms with Crippen molar-refractivity contribution in [3.8, 4) is 0 Å². The van der Waals surface area contributed by atoms with Crippen LogP contribution in [0.5, 0.6) is 0 Å². The molecule has 2 saturated heterocycles. The number of nitrogens with one attached hydrogen (secondary N) is 1. The Labute approximate surface area is 122 Å². The smallest absolute Gasteiger partial charge is 0.128 e. The van der Waals surface area contributed by atoms with Gasteiger partial charge in [0.05, 0.1) is 0 Å². The third-order valence-electron chi connectivity index (χ3n) is 4.97. The summed E-state index contributed by atoms with van der Waals surface area (Å²) in [5.41, 5.74) is 1.48. The van der Waals surface area contributed by atoms with Gasteiger partial charge in [0.25, 0.3) is 0 Å². The molecule has 2 unspecified atom stereocenters. The summed E-state index contributed by atoms with van der Waals surface area (Å²) in [5, 5.41) is 3.71. The van der Waals surface area contributed by atoms with Crippen LogP contribution in [0.1, 0.15) is 52.0 Å². The Kier molecular flexibility index (Phi) is 3.49. The molecule has 1 aromatic rings. The molecule has 1 aromatic heterocycles. The monoisotopic (exact) mass is 273 g/mol. The fourth-order valence-corrected chi connectivity index (χ4v) is 3.57. The lowest BCUT2D eigenvalue weighted by Gasteiger charge is -2.36. The highest BCUT2D eigenvalue weighted by molar-refractivity contribution is 5.41. The maximum absolute atomic E-state index is 4.70. The van der Waals surface area contributed by atoms with E-state index < -0.39 is 0 Å². The average molecular weight is 273 g/mol. The molecule has 0 amide bonds. The van der Waals surface area contributed by atoms with Crippen molar-refractivity contribution in [2.24, 2.45) is 0 Å². The molecule has 0 radical (unpaired) electrons. The van der Waals surface area contributed by atoms with Crippen molar-refractivity contribution >= 4 is 5.82 Å². The third-order valence-corrected chi connectivity index (χ3v) is 4.97. The lowest BCUT2D eigenvalue weighted by molar-refractivity contribution is 0.354. The lowest BCUT2D eigenvalue weighted by Crippen LogP contribution is -2.47. The molecule has 0 saturated carbocycles. The van der Waals surface area contributed by atoms with Gasteiger partial charge in [-0.2, -0.15) is 0 Å². The molecule has 2 aliphatic heterocycles. The molecule has 2 atom stereocenters. The largest absolute Gasteiger partial charge is 0.357 e. The number of pyridine rings is 1. The molecule has 20 heavy (non-hydrogen) atoms. The number of hydrogen-bond acceptors (Lipinski definition) is 3. The second kappa shape index (κ2) is 5.03. The van der Waals surface area contributed by atoms with E-state index in [9.17, 15) is 0 Å². The fraction of sp³-hybridized carbons (Fsp3) is 0.706. The van der Waals surface area contributed by atoms with Crippen LogP contribution in [0.15, 0.2) is 18.3 Å². The van der Waals surface area contributed by atoms with E-state index in [4.69, 9.17) is 4.98 Å². The van der Waals surface area contributed by atoms with Gasteiger partial charge in [-0.1, -0.05) is 26.8 Å². The molecular formula is C17H27N3. The summed E-state index contributed by atoms with van der Waals surface area (Å²) in [6.45, 7) is 6.70. The highest BCUT2D eigenvalue weighted by atomic mass is 15.2. The zero-order chi connectivity index (χ0) is 14.3. The quantitative estimate of drug-likeness (QED) is 0.897. The molecule has 2 fully saturated rings. The van der Waals surface area contributed by atoms with E-state index in [0.717, 1.165) is 17.9 Å². The van der Waals surface area contributed by atoms with E-state index in [1.165, 1.54) is 31.2 Å². The van der Waals surface area contributed by atoms with Crippen LogP contribution in [-0.4, -0.2) is 30.2 Å². The fourth-order valence-electron chi connectivity index (χ4n) is 3.57. The number of fused-ring (bicyclic) bond motifs is 2. The van der Waals surface area contributed by atoms with E-state index in [2.05, 4.69) is 50.2 Å². The van der Waals surface area contributed by atoms with Gasteiger partial charge in [-0.15, -0.1) is 0 Å². The normalized spacial score (nSPS) is 29.5. The van der Waals surface area contributed by atoms with Crippen molar-refractivity contribution in [1.82, 2.24) is 10.3 Å². The van der Waals surface area contributed by atoms with Crippen LogP contribution in [0.4, 0.5) is 5.82 Å². The molecule has 3 heterocycles. The maximum atomic E-state index is 4.70. The van der Waals surface area contributed by atoms with Crippen molar-refractivity contribution < 1.29 is 0 Å². The van der Waals surface area contributed by atoms with Crippen LogP contribution in [0.2, 0.25) is 0 Å². The van der Waals surface area contributed by atoms with Crippen LogP contribution in [0.25, 0.3) is 0 Å². The molecule has 2 bridgehead atoms. The van der Waals surface area contributed by atoms with E-state index in [1.54, 1.807) is 0 Å². The molecule has 3 rings (SSSR count). The SMILES string of the molecule is CN(c1ccc(C(C)(C)C)cn1)C1CC2CCC(C1)N2. The molecule has 3 nitrogen and oxygen atoms in total. The Balaban J connectivity index is 1.72.